The van der Waals surface area contributed by atoms with Gasteiger partial charge in [-0.2, -0.15) is 0 Å². The highest BCUT2D eigenvalue weighted by Gasteiger charge is 2.23. The molecule has 1 fully saturated rings. The lowest BCUT2D eigenvalue weighted by molar-refractivity contribution is 0.0983. The van der Waals surface area contributed by atoms with Crippen LogP contribution >= 0.6 is 15.9 Å². The van der Waals surface area contributed by atoms with Gasteiger partial charge in [-0.3, -0.25) is 0 Å². The van der Waals surface area contributed by atoms with Crippen molar-refractivity contribution in [3.8, 4) is 0 Å². The maximum atomic E-state index is 13.7. The Kier molecular flexibility index (Phi) is 5.23. The molecule has 1 amide bonds. The van der Waals surface area contributed by atoms with Crippen molar-refractivity contribution in [2.75, 3.05) is 25.0 Å². The van der Waals surface area contributed by atoms with Gasteiger partial charge in [-0.05, 0) is 38.0 Å². The second kappa shape index (κ2) is 6.92. The van der Waals surface area contributed by atoms with Gasteiger partial charge in [-0.15, -0.1) is 0 Å². The number of likely N-dealkylation sites (tertiary alicyclic amines) is 1. The third kappa shape index (κ3) is 3.85. The van der Waals surface area contributed by atoms with Crippen LogP contribution in [-0.4, -0.2) is 36.7 Å². The van der Waals surface area contributed by atoms with Gasteiger partial charge >= 0.3 is 6.09 Å². The number of benzene rings is 1. The molecule has 0 unspecified atom stereocenters. The molecule has 0 saturated carbocycles. The first-order valence-corrected chi connectivity index (χ1v) is 7.52. The van der Waals surface area contributed by atoms with E-state index in [0.29, 0.717) is 25.4 Å². The summed E-state index contributed by atoms with van der Waals surface area (Å²) in [6, 6.07) is 5.14. The van der Waals surface area contributed by atoms with E-state index >= 15 is 0 Å². The quantitative estimate of drug-likeness (QED) is 0.910. The Balaban J connectivity index is 1.86. The maximum Gasteiger partial charge on any atom is 0.409 e. The molecule has 1 heterocycles. The summed E-state index contributed by atoms with van der Waals surface area (Å²) in [5, 5.41) is 3.19. The zero-order valence-corrected chi connectivity index (χ0v) is 13.0. The molecule has 0 bridgehead atoms. The van der Waals surface area contributed by atoms with Crippen molar-refractivity contribution in [2.45, 2.75) is 25.8 Å². The van der Waals surface area contributed by atoms with Crippen molar-refractivity contribution in [3.05, 3.63) is 28.5 Å². The van der Waals surface area contributed by atoms with E-state index in [4.69, 9.17) is 4.74 Å². The third-order valence-corrected chi connectivity index (χ3v) is 3.80. The number of rotatable bonds is 3. The Morgan fingerprint density at radius 1 is 1.50 bits per heavy atom. The van der Waals surface area contributed by atoms with E-state index < -0.39 is 0 Å². The van der Waals surface area contributed by atoms with Crippen LogP contribution in [0.25, 0.3) is 0 Å². The number of anilines is 1. The van der Waals surface area contributed by atoms with Crippen LogP contribution in [0.4, 0.5) is 14.9 Å². The zero-order valence-electron chi connectivity index (χ0n) is 11.4. The first kappa shape index (κ1) is 15.1. The van der Waals surface area contributed by atoms with Crippen molar-refractivity contribution in [1.29, 1.82) is 0 Å². The number of ether oxygens (including phenoxy) is 1. The molecule has 0 radical (unpaired) electrons. The van der Waals surface area contributed by atoms with Crippen molar-refractivity contribution < 1.29 is 13.9 Å². The topological polar surface area (TPSA) is 41.6 Å². The average molecular weight is 345 g/mol. The predicted molar refractivity (Wildman–Crippen MR) is 79.3 cm³/mol. The number of hydrogen-bond acceptors (Lipinski definition) is 3. The fourth-order valence-electron chi connectivity index (χ4n) is 2.25. The molecule has 1 aliphatic rings. The Morgan fingerprint density at radius 3 is 2.80 bits per heavy atom. The van der Waals surface area contributed by atoms with Crippen LogP contribution in [0.5, 0.6) is 0 Å². The number of amides is 1. The fourth-order valence-corrected chi connectivity index (χ4v) is 2.58. The molecule has 2 rings (SSSR count). The largest absolute Gasteiger partial charge is 0.450 e. The predicted octanol–water partition coefficient (Wildman–Crippen LogP) is 3.62. The summed E-state index contributed by atoms with van der Waals surface area (Å²) in [5.74, 6) is -0.271. The third-order valence-electron chi connectivity index (χ3n) is 3.31. The monoisotopic (exact) mass is 344 g/mol. The summed E-state index contributed by atoms with van der Waals surface area (Å²) >= 11 is 3.23. The van der Waals surface area contributed by atoms with E-state index in [9.17, 15) is 9.18 Å². The minimum absolute atomic E-state index is 0.177. The maximum absolute atomic E-state index is 13.7. The number of nitrogens with zero attached hydrogens (tertiary/aromatic N) is 1. The fraction of sp³-hybridized carbons (Fsp3) is 0.500. The Hall–Kier alpha value is -1.30. The SMILES string of the molecule is CCOC(=O)N1CCC(Nc2ccc(Br)cc2F)CC1. The molecule has 0 spiro atoms. The second-order valence-electron chi connectivity index (χ2n) is 4.73. The molecule has 1 aromatic rings. The summed E-state index contributed by atoms with van der Waals surface area (Å²) in [4.78, 5) is 13.3. The summed E-state index contributed by atoms with van der Waals surface area (Å²) < 4.78 is 19.4. The molecular weight excluding hydrogens is 327 g/mol. The Morgan fingerprint density at radius 2 is 2.20 bits per heavy atom. The summed E-state index contributed by atoms with van der Waals surface area (Å²) in [6.45, 7) is 3.45. The van der Waals surface area contributed by atoms with Gasteiger partial charge in [0.15, 0.2) is 0 Å². The van der Waals surface area contributed by atoms with Gasteiger partial charge in [0.05, 0.1) is 12.3 Å². The lowest BCUT2D eigenvalue weighted by Gasteiger charge is -2.32. The van der Waals surface area contributed by atoms with Crippen molar-refractivity contribution in [1.82, 2.24) is 4.90 Å². The van der Waals surface area contributed by atoms with E-state index in [-0.39, 0.29) is 18.0 Å². The molecule has 1 saturated heterocycles. The van der Waals surface area contributed by atoms with Gasteiger partial charge < -0.3 is 15.0 Å². The zero-order chi connectivity index (χ0) is 14.5. The Labute approximate surface area is 126 Å². The summed E-state index contributed by atoms with van der Waals surface area (Å²) in [5.41, 5.74) is 0.503. The molecular formula is C14H18BrFN2O2. The Bertz CT molecular complexity index is 476. The number of nitrogens with one attached hydrogen (secondary N) is 1. The minimum atomic E-state index is -0.271. The standard InChI is InChI=1S/C14H18BrFN2O2/c1-2-20-14(19)18-7-5-11(6-8-18)17-13-4-3-10(15)9-12(13)16/h3-4,9,11,17H,2,5-8H2,1H3. The highest BCUT2D eigenvalue weighted by Crippen LogP contribution is 2.22. The first-order chi connectivity index (χ1) is 9.60. The van der Waals surface area contributed by atoms with Crippen LogP contribution in [0.15, 0.2) is 22.7 Å². The van der Waals surface area contributed by atoms with Gasteiger partial charge in [-0.25, -0.2) is 9.18 Å². The van der Waals surface area contributed by atoms with Crippen molar-refractivity contribution >= 4 is 27.7 Å². The number of piperidine rings is 1. The van der Waals surface area contributed by atoms with E-state index in [0.717, 1.165) is 17.3 Å². The minimum Gasteiger partial charge on any atom is -0.450 e. The van der Waals surface area contributed by atoms with E-state index in [1.165, 1.54) is 6.07 Å². The van der Waals surface area contributed by atoms with E-state index in [1.807, 2.05) is 0 Å². The van der Waals surface area contributed by atoms with Crippen LogP contribution in [0, 0.1) is 5.82 Å². The average Bonchev–Trinajstić information content (AvgIpc) is 2.43. The second-order valence-corrected chi connectivity index (χ2v) is 5.64. The number of carbonyl (C=O) groups is 1. The highest BCUT2D eigenvalue weighted by atomic mass is 79.9. The molecule has 0 aliphatic carbocycles. The number of carbonyl (C=O) groups excluding carboxylic acids is 1. The molecule has 1 aliphatic heterocycles. The number of halogens is 2. The molecule has 20 heavy (non-hydrogen) atoms. The van der Waals surface area contributed by atoms with Gasteiger partial charge in [0.25, 0.3) is 0 Å². The highest BCUT2D eigenvalue weighted by molar-refractivity contribution is 9.10. The van der Waals surface area contributed by atoms with Crippen LogP contribution in [0.3, 0.4) is 0 Å². The van der Waals surface area contributed by atoms with Crippen LogP contribution in [-0.2, 0) is 4.74 Å². The summed E-state index contributed by atoms with van der Waals surface area (Å²) in [7, 11) is 0. The van der Waals surface area contributed by atoms with Gasteiger partial charge in [0, 0.05) is 23.6 Å². The number of hydrogen-bond donors (Lipinski definition) is 1. The molecule has 0 atom stereocenters. The molecule has 110 valence electrons. The molecule has 4 nitrogen and oxygen atoms in total. The van der Waals surface area contributed by atoms with Gasteiger partial charge in [0.2, 0.25) is 0 Å². The van der Waals surface area contributed by atoms with Gasteiger partial charge in [0.1, 0.15) is 5.82 Å². The van der Waals surface area contributed by atoms with Crippen LogP contribution in [0.2, 0.25) is 0 Å². The van der Waals surface area contributed by atoms with Crippen molar-refractivity contribution in [2.24, 2.45) is 0 Å². The smallest absolute Gasteiger partial charge is 0.409 e. The lowest BCUT2D eigenvalue weighted by atomic mass is 10.0. The molecule has 6 heteroatoms. The lowest BCUT2D eigenvalue weighted by Crippen LogP contribution is -2.42. The summed E-state index contributed by atoms with van der Waals surface area (Å²) in [6.07, 6.45) is 1.31. The molecule has 1 aromatic carbocycles. The van der Waals surface area contributed by atoms with Crippen LogP contribution < -0.4 is 5.32 Å². The molecule has 1 N–H and O–H groups in total. The molecule has 0 aromatic heterocycles. The van der Waals surface area contributed by atoms with E-state index in [2.05, 4.69) is 21.2 Å². The first-order valence-electron chi connectivity index (χ1n) is 6.73. The van der Waals surface area contributed by atoms with Crippen molar-refractivity contribution in [3.63, 3.8) is 0 Å². The van der Waals surface area contributed by atoms with E-state index in [1.54, 1.807) is 24.0 Å². The van der Waals surface area contributed by atoms with Gasteiger partial charge in [-0.1, -0.05) is 15.9 Å². The van der Waals surface area contributed by atoms with Crippen LogP contribution in [0.1, 0.15) is 19.8 Å². The normalized spacial score (nSPS) is 16.1.